The fourth-order valence-corrected chi connectivity index (χ4v) is 5.04. The van der Waals surface area contributed by atoms with Gasteiger partial charge in [-0.3, -0.25) is 4.79 Å². The van der Waals surface area contributed by atoms with Gasteiger partial charge in [-0.25, -0.2) is 12.7 Å². The van der Waals surface area contributed by atoms with E-state index in [9.17, 15) is 13.2 Å². The first-order valence-corrected chi connectivity index (χ1v) is 12.0. The zero-order valence-electron chi connectivity index (χ0n) is 17.6. The minimum atomic E-state index is -3.25. The van der Waals surface area contributed by atoms with Gasteiger partial charge < -0.3 is 10.1 Å². The summed E-state index contributed by atoms with van der Waals surface area (Å²) in [4.78, 5) is 13.3. The summed E-state index contributed by atoms with van der Waals surface area (Å²) in [5.41, 5.74) is 1.31. The van der Waals surface area contributed by atoms with Gasteiger partial charge in [0, 0.05) is 13.1 Å². The highest BCUT2D eigenvalue weighted by Crippen LogP contribution is 2.36. The third kappa shape index (κ3) is 5.02. The molecule has 2 aromatic rings. The Balaban J connectivity index is 1.66. The van der Waals surface area contributed by atoms with Crippen LogP contribution in [0.4, 0.5) is 0 Å². The summed E-state index contributed by atoms with van der Waals surface area (Å²) >= 11 is 0. The smallest absolute Gasteiger partial charge is 0.230 e. The van der Waals surface area contributed by atoms with Gasteiger partial charge in [-0.15, -0.1) is 0 Å². The number of nitrogens with zero attached hydrogens (tertiary/aromatic N) is 1. The molecule has 1 aliphatic rings. The van der Waals surface area contributed by atoms with Gasteiger partial charge in [-0.2, -0.15) is 0 Å². The summed E-state index contributed by atoms with van der Waals surface area (Å²) in [6.45, 7) is 5.10. The number of amides is 1. The van der Waals surface area contributed by atoms with Crippen molar-refractivity contribution in [2.75, 3.05) is 32.0 Å². The van der Waals surface area contributed by atoms with Gasteiger partial charge in [-0.1, -0.05) is 42.5 Å². The van der Waals surface area contributed by atoms with Crippen molar-refractivity contribution >= 4 is 15.9 Å². The van der Waals surface area contributed by atoms with Gasteiger partial charge in [0.1, 0.15) is 12.4 Å². The van der Waals surface area contributed by atoms with Gasteiger partial charge in [-0.05, 0) is 49.9 Å². The van der Waals surface area contributed by atoms with Crippen LogP contribution in [0, 0.1) is 6.92 Å². The highest BCUT2D eigenvalue weighted by Gasteiger charge is 2.44. The number of carbonyl (C=O) groups excluding carboxylic acids is 1. The molecule has 1 N–H and O–H groups in total. The summed E-state index contributed by atoms with van der Waals surface area (Å²) in [7, 11) is -3.25. The van der Waals surface area contributed by atoms with Crippen LogP contribution in [0.3, 0.4) is 0 Å². The first kappa shape index (κ1) is 22.3. The Labute approximate surface area is 179 Å². The maximum Gasteiger partial charge on any atom is 0.230 e. The first-order chi connectivity index (χ1) is 14.4. The number of rotatable bonds is 8. The molecular weight excluding hydrogens is 400 g/mol. The molecule has 0 aromatic heterocycles. The fraction of sp³-hybridized carbons (Fsp3) is 0.435. The van der Waals surface area contributed by atoms with Crippen molar-refractivity contribution in [1.82, 2.24) is 9.62 Å². The minimum absolute atomic E-state index is 0.0740. The lowest BCUT2D eigenvalue weighted by Crippen LogP contribution is -2.53. The molecule has 1 amide bonds. The Bertz CT molecular complexity index is 952. The van der Waals surface area contributed by atoms with E-state index in [1.807, 2.05) is 61.5 Å². The van der Waals surface area contributed by atoms with E-state index in [4.69, 9.17) is 4.74 Å². The molecule has 1 saturated heterocycles. The summed E-state index contributed by atoms with van der Waals surface area (Å²) in [6, 6.07) is 17.4. The zero-order chi connectivity index (χ0) is 21.6. The zero-order valence-corrected chi connectivity index (χ0v) is 18.5. The van der Waals surface area contributed by atoms with Gasteiger partial charge >= 0.3 is 0 Å². The Morgan fingerprint density at radius 2 is 1.80 bits per heavy atom. The van der Waals surface area contributed by atoms with Crippen molar-refractivity contribution in [3.8, 4) is 5.75 Å². The monoisotopic (exact) mass is 430 g/mol. The topological polar surface area (TPSA) is 75.7 Å². The highest BCUT2D eigenvalue weighted by atomic mass is 32.2. The largest absolute Gasteiger partial charge is 0.492 e. The normalized spacial score (nSPS) is 16.7. The first-order valence-electron chi connectivity index (χ1n) is 10.4. The van der Waals surface area contributed by atoms with Crippen molar-refractivity contribution in [3.63, 3.8) is 0 Å². The number of carbonyl (C=O) groups is 1. The van der Waals surface area contributed by atoms with Crippen molar-refractivity contribution in [3.05, 3.63) is 65.7 Å². The second kappa shape index (κ2) is 9.62. The van der Waals surface area contributed by atoms with Crippen LogP contribution in [0.1, 0.15) is 30.9 Å². The number of aryl methyl sites for hydroxylation is 1. The summed E-state index contributed by atoms with van der Waals surface area (Å²) in [6.07, 6.45) is 0.918. The number of benzene rings is 2. The molecule has 6 nitrogen and oxygen atoms in total. The van der Waals surface area contributed by atoms with Gasteiger partial charge in [0.25, 0.3) is 0 Å². The van der Waals surface area contributed by atoms with Crippen molar-refractivity contribution in [2.24, 2.45) is 0 Å². The SMILES string of the molecule is CCS(=O)(=O)N1CCC(C(=O)NCCOc2cccc(C)c2)(c2ccccc2)CC1. The summed E-state index contributed by atoms with van der Waals surface area (Å²) < 4.78 is 31.7. The molecule has 162 valence electrons. The number of hydrogen-bond acceptors (Lipinski definition) is 4. The van der Waals surface area contributed by atoms with E-state index < -0.39 is 15.4 Å². The van der Waals surface area contributed by atoms with E-state index >= 15 is 0 Å². The van der Waals surface area contributed by atoms with E-state index in [1.54, 1.807) is 6.92 Å². The second-order valence-electron chi connectivity index (χ2n) is 7.67. The minimum Gasteiger partial charge on any atom is -0.492 e. The lowest BCUT2D eigenvalue weighted by molar-refractivity contribution is -0.128. The van der Waals surface area contributed by atoms with Gasteiger partial charge in [0.05, 0.1) is 17.7 Å². The predicted molar refractivity (Wildman–Crippen MR) is 118 cm³/mol. The van der Waals surface area contributed by atoms with Crippen molar-refractivity contribution < 1.29 is 17.9 Å². The molecule has 0 aliphatic carbocycles. The van der Waals surface area contributed by atoms with Crippen LogP contribution < -0.4 is 10.1 Å². The van der Waals surface area contributed by atoms with E-state index in [-0.39, 0.29) is 11.7 Å². The summed E-state index contributed by atoms with van der Waals surface area (Å²) in [5.74, 6) is 0.781. The van der Waals surface area contributed by atoms with Crippen molar-refractivity contribution in [1.29, 1.82) is 0 Å². The third-order valence-corrected chi connectivity index (χ3v) is 7.62. The van der Waals surface area contributed by atoms with Crippen LogP contribution in [0.25, 0.3) is 0 Å². The van der Waals surface area contributed by atoms with E-state index in [2.05, 4.69) is 5.32 Å². The molecule has 7 heteroatoms. The Hall–Kier alpha value is -2.38. The Morgan fingerprint density at radius 1 is 1.10 bits per heavy atom. The molecular formula is C23H30N2O4S. The number of sulfonamides is 1. The molecule has 1 heterocycles. The molecule has 0 saturated carbocycles. The van der Waals surface area contributed by atoms with Crippen LogP contribution in [0.2, 0.25) is 0 Å². The second-order valence-corrected chi connectivity index (χ2v) is 9.93. The molecule has 0 unspecified atom stereocenters. The number of ether oxygens (including phenoxy) is 1. The van der Waals surface area contributed by atoms with Crippen LogP contribution in [0.15, 0.2) is 54.6 Å². The highest BCUT2D eigenvalue weighted by molar-refractivity contribution is 7.89. The third-order valence-electron chi connectivity index (χ3n) is 5.74. The van der Waals surface area contributed by atoms with E-state index in [0.29, 0.717) is 39.1 Å². The quantitative estimate of drug-likeness (QED) is 0.654. The molecule has 1 fully saturated rings. The Morgan fingerprint density at radius 3 is 2.43 bits per heavy atom. The lowest BCUT2D eigenvalue weighted by Gasteiger charge is -2.40. The lowest BCUT2D eigenvalue weighted by atomic mass is 9.72. The number of hydrogen-bond donors (Lipinski definition) is 1. The van der Waals surface area contributed by atoms with Gasteiger partial charge in [0.15, 0.2) is 0 Å². The van der Waals surface area contributed by atoms with Gasteiger partial charge in [0.2, 0.25) is 15.9 Å². The molecule has 1 aliphatic heterocycles. The molecule has 0 atom stereocenters. The van der Waals surface area contributed by atoms with Crippen LogP contribution in [0.5, 0.6) is 5.75 Å². The van der Waals surface area contributed by atoms with Crippen molar-refractivity contribution in [2.45, 2.75) is 32.1 Å². The average Bonchev–Trinajstić information content (AvgIpc) is 2.77. The standard InChI is InChI=1S/C23H30N2O4S/c1-3-30(27,28)25-15-12-23(13-16-25,20-9-5-4-6-10-20)22(26)24-14-17-29-21-11-7-8-19(2)18-21/h4-11,18H,3,12-17H2,1-2H3,(H,24,26). The molecule has 0 bridgehead atoms. The Kier molecular flexibility index (Phi) is 7.15. The maximum absolute atomic E-state index is 13.3. The molecule has 3 rings (SSSR count). The van der Waals surface area contributed by atoms with Crippen LogP contribution in [-0.4, -0.2) is 50.6 Å². The molecule has 0 radical (unpaired) electrons. The predicted octanol–water partition coefficient (Wildman–Crippen LogP) is 2.87. The number of nitrogens with one attached hydrogen (secondary N) is 1. The fourth-order valence-electron chi connectivity index (χ4n) is 3.94. The van der Waals surface area contributed by atoms with E-state index in [0.717, 1.165) is 16.9 Å². The van der Waals surface area contributed by atoms with Crippen LogP contribution in [-0.2, 0) is 20.2 Å². The van der Waals surface area contributed by atoms with Crippen LogP contribution >= 0.6 is 0 Å². The van der Waals surface area contributed by atoms with E-state index in [1.165, 1.54) is 4.31 Å². The number of piperidine rings is 1. The molecule has 2 aromatic carbocycles. The maximum atomic E-state index is 13.3. The molecule has 30 heavy (non-hydrogen) atoms. The summed E-state index contributed by atoms with van der Waals surface area (Å²) in [5, 5.41) is 3.01. The molecule has 0 spiro atoms. The average molecular weight is 431 g/mol.